The molecule has 1 saturated carbocycles. The zero-order valence-corrected chi connectivity index (χ0v) is 12.8. The van der Waals surface area contributed by atoms with Gasteiger partial charge in [0.1, 0.15) is 0 Å². The quantitative estimate of drug-likeness (QED) is 0.626. The van der Waals surface area contributed by atoms with Gasteiger partial charge in [-0.25, -0.2) is 0 Å². The SMILES string of the molecule is NNC(CC1CCCCC1)c1ccc(Br)cc1Cl. The molecule has 0 aliphatic heterocycles. The van der Waals surface area contributed by atoms with Crippen molar-refractivity contribution in [3.8, 4) is 0 Å². The number of rotatable bonds is 4. The molecule has 0 spiro atoms. The standard InChI is InChI=1S/C14H20BrClN2/c15-11-6-7-12(13(16)9-11)14(18-17)8-10-4-2-1-3-5-10/h6-7,9-10,14,18H,1-5,8,17H2. The van der Waals surface area contributed by atoms with E-state index >= 15 is 0 Å². The van der Waals surface area contributed by atoms with E-state index in [0.717, 1.165) is 27.4 Å². The summed E-state index contributed by atoms with van der Waals surface area (Å²) in [5.41, 5.74) is 4.03. The Hall–Kier alpha value is -0.0900. The van der Waals surface area contributed by atoms with Crippen LogP contribution in [0.5, 0.6) is 0 Å². The van der Waals surface area contributed by atoms with Gasteiger partial charge in [-0.05, 0) is 30.0 Å². The molecule has 1 fully saturated rings. The smallest absolute Gasteiger partial charge is 0.0477 e. The summed E-state index contributed by atoms with van der Waals surface area (Å²) in [7, 11) is 0. The predicted octanol–water partition coefficient (Wildman–Crippen LogP) is 4.58. The molecule has 3 N–H and O–H groups in total. The fourth-order valence-electron chi connectivity index (χ4n) is 2.83. The number of halogens is 2. The van der Waals surface area contributed by atoms with Crippen molar-refractivity contribution in [2.75, 3.05) is 0 Å². The molecule has 0 aromatic heterocycles. The normalized spacial score (nSPS) is 18.8. The maximum atomic E-state index is 6.30. The van der Waals surface area contributed by atoms with Crippen LogP contribution in [0.3, 0.4) is 0 Å². The van der Waals surface area contributed by atoms with Gasteiger partial charge in [0.25, 0.3) is 0 Å². The van der Waals surface area contributed by atoms with Crippen LogP contribution in [0.25, 0.3) is 0 Å². The van der Waals surface area contributed by atoms with Crippen molar-refractivity contribution in [3.63, 3.8) is 0 Å². The molecule has 1 aliphatic carbocycles. The van der Waals surface area contributed by atoms with Crippen LogP contribution in [-0.2, 0) is 0 Å². The Labute approximate surface area is 122 Å². The molecule has 1 aliphatic rings. The van der Waals surface area contributed by atoms with Crippen LogP contribution in [0.15, 0.2) is 22.7 Å². The second-order valence-corrected chi connectivity index (χ2v) is 6.45. The van der Waals surface area contributed by atoms with Gasteiger partial charge in [-0.1, -0.05) is 65.7 Å². The number of hydrazine groups is 1. The molecule has 0 saturated heterocycles. The third kappa shape index (κ3) is 3.70. The summed E-state index contributed by atoms with van der Waals surface area (Å²) in [5.74, 6) is 6.49. The van der Waals surface area contributed by atoms with Gasteiger partial charge in [-0.15, -0.1) is 0 Å². The average molecular weight is 332 g/mol. The van der Waals surface area contributed by atoms with Crippen molar-refractivity contribution in [2.24, 2.45) is 11.8 Å². The van der Waals surface area contributed by atoms with Crippen molar-refractivity contribution in [3.05, 3.63) is 33.3 Å². The molecule has 2 rings (SSSR count). The number of hydrogen-bond donors (Lipinski definition) is 2. The maximum Gasteiger partial charge on any atom is 0.0477 e. The molecule has 1 aromatic rings. The molecule has 0 amide bonds. The van der Waals surface area contributed by atoms with E-state index in [-0.39, 0.29) is 6.04 Å². The van der Waals surface area contributed by atoms with Crippen molar-refractivity contribution in [1.82, 2.24) is 5.43 Å². The highest BCUT2D eigenvalue weighted by molar-refractivity contribution is 9.10. The molecule has 4 heteroatoms. The van der Waals surface area contributed by atoms with Gasteiger partial charge >= 0.3 is 0 Å². The van der Waals surface area contributed by atoms with E-state index in [4.69, 9.17) is 17.4 Å². The first-order valence-corrected chi connectivity index (χ1v) is 7.79. The molecule has 100 valence electrons. The molecule has 0 bridgehead atoms. The van der Waals surface area contributed by atoms with Crippen molar-refractivity contribution in [2.45, 2.75) is 44.6 Å². The highest BCUT2D eigenvalue weighted by Crippen LogP contribution is 2.34. The van der Waals surface area contributed by atoms with Gasteiger partial charge in [0, 0.05) is 15.5 Å². The van der Waals surface area contributed by atoms with Crippen molar-refractivity contribution >= 4 is 27.5 Å². The van der Waals surface area contributed by atoms with Gasteiger partial charge in [0.2, 0.25) is 0 Å². The zero-order valence-electron chi connectivity index (χ0n) is 10.5. The van der Waals surface area contributed by atoms with E-state index in [1.165, 1.54) is 32.1 Å². The minimum atomic E-state index is 0.161. The number of benzene rings is 1. The first kappa shape index (κ1) is 14.3. The van der Waals surface area contributed by atoms with E-state index in [9.17, 15) is 0 Å². The number of nitrogens with two attached hydrogens (primary N) is 1. The summed E-state index contributed by atoms with van der Waals surface area (Å²) in [5, 5.41) is 0.781. The van der Waals surface area contributed by atoms with E-state index in [0.29, 0.717) is 0 Å². The van der Waals surface area contributed by atoms with Crippen LogP contribution in [0.2, 0.25) is 5.02 Å². The first-order chi connectivity index (χ1) is 8.70. The Balaban J connectivity index is 2.07. The minimum Gasteiger partial charge on any atom is -0.271 e. The lowest BCUT2D eigenvalue weighted by Crippen LogP contribution is -2.30. The molecular formula is C14H20BrClN2. The molecule has 0 heterocycles. The monoisotopic (exact) mass is 330 g/mol. The van der Waals surface area contributed by atoms with Crippen molar-refractivity contribution < 1.29 is 0 Å². The minimum absolute atomic E-state index is 0.161. The molecular weight excluding hydrogens is 312 g/mol. The second-order valence-electron chi connectivity index (χ2n) is 5.12. The predicted molar refractivity (Wildman–Crippen MR) is 80.4 cm³/mol. The van der Waals surface area contributed by atoms with Gasteiger partial charge < -0.3 is 0 Å². The van der Waals surface area contributed by atoms with E-state index in [2.05, 4.69) is 27.4 Å². The summed E-state index contributed by atoms with van der Waals surface area (Å²) in [4.78, 5) is 0. The second kappa shape index (κ2) is 6.90. The number of hydrogen-bond acceptors (Lipinski definition) is 2. The summed E-state index contributed by atoms with van der Waals surface area (Å²) in [6, 6.07) is 6.17. The lowest BCUT2D eigenvalue weighted by Gasteiger charge is -2.27. The zero-order chi connectivity index (χ0) is 13.0. The Morgan fingerprint density at radius 1 is 1.33 bits per heavy atom. The summed E-state index contributed by atoms with van der Waals surface area (Å²) >= 11 is 9.72. The topological polar surface area (TPSA) is 38.0 Å². The molecule has 0 radical (unpaired) electrons. The van der Waals surface area contributed by atoms with Gasteiger partial charge in [-0.2, -0.15) is 0 Å². The lowest BCUT2D eigenvalue weighted by atomic mass is 9.83. The van der Waals surface area contributed by atoms with Gasteiger partial charge in [0.15, 0.2) is 0 Å². The van der Waals surface area contributed by atoms with Crippen LogP contribution >= 0.6 is 27.5 Å². The summed E-state index contributed by atoms with van der Waals surface area (Å²) in [6.45, 7) is 0. The third-order valence-corrected chi connectivity index (χ3v) is 4.65. The van der Waals surface area contributed by atoms with Crippen LogP contribution in [0.4, 0.5) is 0 Å². The first-order valence-electron chi connectivity index (χ1n) is 6.62. The third-order valence-electron chi connectivity index (χ3n) is 3.83. The van der Waals surface area contributed by atoms with Crippen LogP contribution in [0.1, 0.15) is 50.1 Å². The Kier molecular flexibility index (Phi) is 5.49. The van der Waals surface area contributed by atoms with E-state index < -0.39 is 0 Å². The van der Waals surface area contributed by atoms with Crippen LogP contribution in [-0.4, -0.2) is 0 Å². The van der Waals surface area contributed by atoms with E-state index in [1.54, 1.807) is 0 Å². The Morgan fingerprint density at radius 3 is 2.67 bits per heavy atom. The fourth-order valence-corrected chi connectivity index (χ4v) is 3.63. The molecule has 1 aromatic carbocycles. The number of nitrogens with one attached hydrogen (secondary N) is 1. The largest absolute Gasteiger partial charge is 0.271 e. The molecule has 2 nitrogen and oxygen atoms in total. The molecule has 1 unspecified atom stereocenters. The Morgan fingerprint density at radius 2 is 2.06 bits per heavy atom. The summed E-state index contributed by atoms with van der Waals surface area (Å²) in [6.07, 6.45) is 7.83. The fraction of sp³-hybridized carbons (Fsp3) is 0.571. The highest BCUT2D eigenvalue weighted by atomic mass is 79.9. The molecule has 18 heavy (non-hydrogen) atoms. The lowest BCUT2D eigenvalue weighted by molar-refractivity contribution is 0.301. The maximum absolute atomic E-state index is 6.30. The van der Waals surface area contributed by atoms with Gasteiger partial charge in [0.05, 0.1) is 0 Å². The van der Waals surface area contributed by atoms with Crippen LogP contribution in [0, 0.1) is 5.92 Å². The average Bonchev–Trinajstić information content (AvgIpc) is 2.38. The van der Waals surface area contributed by atoms with Gasteiger partial charge in [-0.3, -0.25) is 11.3 Å². The summed E-state index contributed by atoms with van der Waals surface area (Å²) < 4.78 is 1.00. The van der Waals surface area contributed by atoms with Crippen LogP contribution < -0.4 is 11.3 Å². The van der Waals surface area contributed by atoms with E-state index in [1.807, 2.05) is 12.1 Å². The Bertz CT molecular complexity index is 391. The molecule has 1 atom stereocenters. The van der Waals surface area contributed by atoms with Crippen molar-refractivity contribution in [1.29, 1.82) is 0 Å². The highest BCUT2D eigenvalue weighted by Gasteiger charge is 2.21.